The predicted molar refractivity (Wildman–Crippen MR) is 260 cm³/mol. The van der Waals surface area contributed by atoms with Crippen LogP contribution in [0.1, 0.15) is 39.8 Å². The number of nitrogens with two attached hydrogens (primary N) is 3. The first-order chi connectivity index (χ1) is 29.5. The minimum absolute atomic E-state index is 0.441. The summed E-state index contributed by atoms with van der Waals surface area (Å²) >= 11 is 0. The summed E-state index contributed by atoms with van der Waals surface area (Å²) in [6.07, 6.45) is 27.8. The highest BCUT2D eigenvalue weighted by atomic mass is 14.5. The molecule has 60 heavy (non-hydrogen) atoms. The number of fused-ring (bicyclic) bond motifs is 4. The lowest BCUT2D eigenvalue weighted by atomic mass is 9.64. The molecular weight excluding hydrogens is 727 g/mol. The Bertz CT molecular complexity index is 2580. The van der Waals surface area contributed by atoms with Crippen molar-refractivity contribution in [2.45, 2.75) is 25.2 Å². The van der Waals surface area contributed by atoms with E-state index in [1.807, 2.05) is 30.4 Å². The highest BCUT2D eigenvalue weighted by Crippen LogP contribution is 2.50. The summed E-state index contributed by atoms with van der Waals surface area (Å²) in [7, 11) is 1.50. The van der Waals surface area contributed by atoms with Crippen LogP contribution in [0.3, 0.4) is 0 Å². The van der Waals surface area contributed by atoms with Crippen LogP contribution in [0.25, 0.3) is 45.0 Å². The Balaban J connectivity index is 0.000000339. The zero-order chi connectivity index (χ0) is 42.2. The van der Waals surface area contributed by atoms with E-state index < -0.39 is 5.41 Å². The summed E-state index contributed by atoms with van der Waals surface area (Å²) in [6.45, 7) is 6.77. The van der Waals surface area contributed by atoms with Crippen LogP contribution in [-0.4, -0.2) is 7.05 Å². The van der Waals surface area contributed by atoms with Crippen LogP contribution < -0.4 is 17.2 Å². The Hall–Kier alpha value is -7.20. The molecule has 3 heteroatoms. The molecular formula is C57H55N3. The maximum Gasteiger partial charge on any atom is 0.0492 e. The van der Waals surface area contributed by atoms with Crippen LogP contribution >= 0.6 is 0 Å². The number of hydrogen-bond donors (Lipinski definition) is 3. The number of aryl methyl sites for hydroxylation is 1. The van der Waals surface area contributed by atoms with Gasteiger partial charge in [0.05, 0.1) is 0 Å². The van der Waals surface area contributed by atoms with Gasteiger partial charge < -0.3 is 17.2 Å². The topological polar surface area (TPSA) is 78.1 Å². The van der Waals surface area contributed by atoms with Gasteiger partial charge in [0.15, 0.2) is 0 Å². The van der Waals surface area contributed by atoms with E-state index in [2.05, 4.69) is 201 Å². The highest BCUT2D eigenvalue weighted by Gasteiger charge is 2.40. The van der Waals surface area contributed by atoms with Crippen molar-refractivity contribution in [1.29, 1.82) is 0 Å². The lowest BCUT2D eigenvalue weighted by molar-refractivity contribution is 0.628. The molecule has 6 aromatic carbocycles. The number of allylic oxidation sites excluding steroid dienone is 12. The van der Waals surface area contributed by atoms with Crippen molar-refractivity contribution < 1.29 is 0 Å². The molecule has 6 aromatic rings. The summed E-state index contributed by atoms with van der Waals surface area (Å²) in [5, 5.41) is 0. The van der Waals surface area contributed by atoms with Crippen LogP contribution in [0.4, 0.5) is 0 Å². The summed E-state index contributed by atoms with van der Waals surface area (Å²) < 4.78 is 0. The van der Waals surface area contributed by atoms with E-state index >= 15 is 0 Å². The van der Waals surface area contributed by atoms with E-state index in [1.165, 1.54) is 74.4 Å². The zero-order valence-corrected chi connectivity index (χ0v) is 34.7. The van der Waals surface area contributed by atoms with Gasteiger partial charge >= 0.3 is 0 Å². The third-order valence-corrected chi connectivity index (χ3v) is 10.9. The molecule has 0 aromatic heterocycles. The predicted octanol–water partition coefficient (Wildman–Crippen LogP) is 13.1. The number of benzene rings is 6. The van der Waals surface area contributed by atoms with Crippen LogP contribution in [0.15, 0.2) is 231 Å². The third-order valence-electron chi connectivity index (χ3n) is 10.9. The summed E-state index contributed by atoms with van der Waals surface area (Å²) in [4.78, 5) is 0. The maximum atomic E-state index is 6.21. The third kappa shape index (κ3) is 9.90. The Labute approximate surface area is 357 Å². The molecule has 298 valence electrons. The fourth-order valence-electron chi connectivity index (χ4n) is 7.84. The molecule has 0 heterocycles. The van der Waals surface area contributed by atoms with Gasteiger partial charge in [-0.15, -0.1) is 0 Å². The molecule has 3 nitrogen and oxygen atoms in total. The standard InChI is InChI=1S/C43H38N2.C13H12.CH5N/c1-32-13-6-7-15-35-16-8-9-20-41(35)43(32)27-12-19-39(31-45)40-26-25-38(30-42(40)43)37-18-11-17-36(29-37)34-23-21-33(22-24-34)14-5-3-2-4-10-28-44;1-11-7-9-13(10-8-11)12-5-3-2-4-6-12;1-2/h2-13,15-26,28-31H,1,14,27,44-45H2;2-10H,1H3;2H2,1H3/b4-2-,5-3+,13-6-,15-7-,28-10-,39-31+;;. The van der Waals surface area contributed by atoms with Crippen molar-refractivity contribution >= 4 is 11.6 Å². The van der Waals surface area contributed by atoms with Crippen LogP contribution in [0.5, 0.6) is 0 Å². The first-order valence-corrected chi connectivity index (χ1v) is 20.5. The SMILES string of the molecule is C=C1/C=C\C=C/c2ccccc2C12CC=C/C(=C\N)c1ccc(-c3cccc(-c4ccc(C/C=C/C=C\C=C/N)cc4)c3)cc12.CN.Cc1ccc(-c2ccccc2)cc1. The monoisotopic (exact) mass is 781 g/mol. The van der Waals surface area contributed by atoms with Gasteiger partial charge in [0.1, 0.15) is 0 Å². The molecule has 0 radical (unpaired) electrons. The molecule has 0 saturated heterocycles. The van der Waals surface area contributed by atoms with Crippen LogP contribution in [0.2, 0.25) is 0 Å². The van der Waals surface area contributed by atoms with Gasteiger partial charge in [-0.1, -0.05) is 206 Å². The molecule has 2 aliphatic rings. The van der Waals surface area contributed by atoms with Gasteiger partial charge in [0.2, 0.25) is 0 Å². The quantitative estimate of drug-likeness (QED) is 0.141. The lowest BCUT2D eigenvalue weighted by Crippen LogP contribution is -2.31. The molecule has 0 aliphatic heterocycles. The summed E-state index contributed by atoms with van der Waals surface area (Å²) in [5.74, 6) is 0. The second-order valence-electron chi connectivity index (χ2n) is 14.6. The van der Waals surface area contributed by atoms with Crippen molar-refractivity contribution in [3.8, 4) is 33.4 Å². The van der Waals surface area contributed by atoms with E-state index in [9.17, 15) is 0 Å². The minimum atomic E-state index is -0.441. The van der Waals surface area contributed by atoms with Crippen molar-refractivity contribution in [2.75, 3.05) is 7.05 Å². The Morgan fingerprint density at radius 2 is 1.17 bits per heavy atom. The smallest absolute Gasteiger partial charge is 0.0492 e. The summed E-state index contributed by atoms with van der Waals surface area (Å²) in [6, 6.07) is 52.2. The first-order valence-electron chi connectivity index (χ1n) is 20.5. The van der Waals surface area contributed by atoms with Crippen molar-refractivity contribution in [2.24, 2.45) is 17.2 Å². The van der Waals surface area contributed by atoms with Gasteiger partial charge in [0.25, 0.3) is 0 Å². The maximum absolute atomic E-state index is 6.21. The van der Waals surface area contributed by atoms with E-state index in [0.29, 0.717) is 0 Å². The van der Waals surface area contributed by atoms with Crippen LogP contribution in [0, 0.1) is 6.92 Å². The highest BCUT2D eigenvalue weighted by molar-refractivity contribution is 5.84. The van der Waals surface area contributed by atoms with Crippen molar-refractivity contribution in [3.05, 3.63) is 264 Å². The lowest BCUT2D eigenvalue weighted by Gasteiger charge is -2.38. The van der Waals surface area contributed by atoms with E-state index in [0.717, 1.165) is 29.6 Å². The molecule has 1 unspecified atom stereocenters. The average Bonchev–Trinajstić information content (AvgIpc) is 3.47. The minimum Gasteiger partial charge on any atom is -0.405 e. The van der Waals surface area contributed by atoms with Gasteiger partial charge in [-0.05, 0) is 124 Å². The van der Waals surface area contributed by atoms with Gasteiger partial charge in [-0.25, -0.2) is 0 Å². The molecule has 0 bridgehead atoms. The van der Waals surface area contributed by atoms with Gasteiger partial charge in [-0.3, -0.25) is 0 Å². The van der Waals surface area contributed by atoms with Crippen molar-refractivity contribution in [1.82, 2.24) is 0 Å². The molecule has 6 N–H and O–H groups in total. The molecule has 0 amide bonds. The normalized spacial score (nSPS) is 17.2. The Morgan fingerprint density at radius 3 is 1.92 bits per heavy atom. The number of hydrogen-bond acceptors (Lipinski definition) is 3. The zero-order valence-electron chi connectivity index (χ0n) is 34.7. The van der Waals surface area contributed by atoms with Crippen LogP contribution in [-0.2, 0) is 11.8 Å². The fourth-order valence-corrected chi connectivity index (χ4v) is 7.84. The largest absolute Gasteiger partial charge is 0.405 e. The molecule has 0 fully saturated rings. The fraction of sp³-hybridized carbons (Fsp3) is 0.0877. The average molecular weight is 782 g/mol. The van der Waals surface area contributed by atoms with E-state index in [1.54, 1.807) is 6.20 Å². The Kier molecular flexibility index (Phi) is 14.8. The van der Waals surface area contributed by atoms with E-state index in [4.69, 9.17) is 11.5 Å². The first kappa shape index (κ1) is 42.4. The Morgan fingerprint density at radius 1 is 0.567 bits per heavy atom. The van der Waals surface area contributed by atoms with Crippen molar-refractivity contribution in [3.63, 3.8) is 0 Å². The molecule has 8 rings (SSSR count). The van der Waals surface area contributed by atoms with Gasteiger partial charge in [-0.2, -0.15) is 0 Å². The van der Waals surface area contributed by atoms with Gasteiger partial charge in [0, 0.05) is 11.6 Å². The second-order valence-corrected chi connectivity index (χ2v) is 14.6. The molecule has 1 spiro atoms. The summed E-state index contributed by atoms with van der Waals surface area (Å²) in [5.41, 5.74) is 32.4. The molecule has 1 atom stereocenters. The number of rotatable bonds is 7. The second kappa shape index (κ2) is 21.0. The molecule has 2 aliphatic carbocycles. The van der Waals surface area contributed by atoms with E-state index in [-0.39, 0.29) is 0 Å². The molecule has 0 saturated carbocycles.